The fraction of sp³-hybridized carbons (Fsp3) is 0.500. The summed E-state index contributed by atoms with van der Waals surface area (Å²) in [6, 6.07) is 5.71. The van der Waals surface area contributed by atoms with Gasteiger partial charge in [0.25, 0.3) is 5.91 Å². The normalized spacial score (nSPS) is 11.1. The van der Waals surface area contributed by atoms with E-state index in [0.717, 1.165) is 6.54 Å². The van der Waals surface area contributed by atoms with Gasteiger partial charge in [-0.25, -0.2) is 13.1 Å². The van der Waals surface area contributed by atoms with E-state index in [2.05, 4.69) is 15.4 Å². The molecule has 0 atom stereocenters. The summed E-state index contributed by atoms with van der Waals surface area (Å²) in [6.07, 6.45) is 0. The Bertz CT molecular complexity index is 559. The van der Waals surface area contributed by atoms with Crippen LogP contribution < -0.4 is 15.4 Å². The maximum atomic E-state index is 11.9. The van der Waals surface area contributed by atoms with Gasteiger partial charge in [-0.2, -0.15) is 0 Å². The standard InChI is InChI=1S/C14H23N3O3S.ClH/c1-4-15-9-10-16-14(18)12-5-7-13(8-6-12)21(19,20)17-11(2)3;/h5-8,11,15,17H,4,9-10H2,1-3H3,(H,16,18);1H. The molecule has 1 aromatic rings. The number of benzene rings is 1. The molecule has 0 saturated heterocycles. The molecule has 0 aliphatic rings. The lowest BCUT2D eigenvalue weighted by Crippen LogP contribution is -2.32. The zero-order valence-electron chi connectivity index (χ0n) is 13.0. The third-order valence-electron chi connectivity index (χ3n) is 2.65. The second kappa shape index (κ2) is 9.78. The Morgan fingerprint density at radius 1 is 1.14 bits per heavy atom. The molecule has 3 N–H and O–H groups in total. The van der Waals surface area contributed by atoms with Crippen LogP contribution in [-0.4, -0.2) is 40.0 Å². The monoisotopic (exact) mass is 349 g/mol. The van der Waals surface area contributed by atoms with Gasteiger partial charge < -0.3 is 10.6 Å². The Morgan fingerprint density at radius 2 is 1.73 bits per heavy atom. The zero-order chi connectivity index (χ0) is 15.9. The van der Waals surface area contributed by atoms with Crippen molar-refractivity contribution in [2.24, 2.45) is 0 Å². The van der Waals surface area contributed by atoms with Crippen molar-refractivity contribution >= 4 is 28.3 Å². The van der Waals surface area contributed by atoms with Crippen molar-refractivity contribution in [2.45, 2.75) is 31.7 Å². The molecule has 1 aromatic carbocycles. The van der Waals surface area contributed by atoms with Gasteiger partial charge in [0.05, 0.1) is 4.90 Å². The van der Waals surface area contributed by atoms with Gasteiger partial charge in [-0.05, 0) is 44.7 Å². The summed E-state index contributed by atoms with van der Waals surface area (Å²) in [5, 5.41) is 5.86. The number of nitrogens with one attached hydrogen (secondary N) is 3. The third kappa shape index (κ3) is 6.74. The average molecular weight is 350 g/mol. The summed E-state index contributed by atoms with van der Waals surface area (Å²) in [7, 11) is -3.52. The predicted molar refractivity (Wildman–Crippen MR) is 90.0 cm³/mol. The largest absolute Gasteiger partial charge is 0.351 e. The van der Waals surface area contributed by atoms with Gasteiger partial charge in [0.15, 0.2) is 0 Å². The van der Waals surface area contributed by atoms with E-state index in [1.807, 2.05) is 6.92 Å². The fourth-order valence-electron chi connectivity index (χ4n) is 1.71. The molecule has 0 aliphatic heterocycles. The summed E-state index contributed by atoms with van der Waals surface area (Å²) in [4.78, 5) is 12.0. The van der Waals surface area contributed by atoms with Crippen LogP contribution in [0, 0.1) is 0 Å². The lowest BCUT2D eigenvalue weighted by Gasteiger charge is -2.10. The summed E-state index contributed by atoms with van der Waals surface area (Å²) in [6.45, 7) is 7.58. The molecule has 0 spiro atoms. The zero-order valence-corrected chi connectivity index (χ0v) is 14.7. The van der Waals surface area contributed by atoms with Crippen LogP contribution in [-0.2, 0) is 10.0 Å². The second-order valence-electron chi connectivity index (χ2n) is 4.91. The van der Waals surface area contributed by atoms with Crippen LogP contribution in [0.4, 0.5) is 0 Å². The maximum Gasteiger partial charge on any atom is 0.251 e. The van der Waals surface area contributed by atoms with Gasteiger partial charge in [-0.15, -0.1) is 12.4 Å². The van der Waals surface area contributed by atoms with Crippen molar-refractivity contribution in [1.29, 1.82) is 0 Å². The molecule has 0 radical (unpaired) electrons. The Labute approximate surface area is 138 Å². The summed E-state index contributed by atoms with van der Waals surface area (Å²) < 4.78 is 26.4. The van der Waals surface area contributed by atoms with E-state index in [9.17, 15) is 13.2 Å². The van der Waals surface area contributed by atoms with E-state index >= 15 is 0 Å². The Hall–Kier alpha value is -1.15. The Balaban J connectivity index is 0.00000441. The van der Waals surface area contributed by atoms with E-state index in [1.54, 1.807) is 13.8 Å². The Morgan fingerprint density at radius 3 is 2.23 bits per heavy atom. The third-order valence-corrected chi connectivity index (χ3v) is 4.33. The second-order valence-corrected chi connectivity index (χ2v) is 6.62. The van der Waals surface area contributed by atoms with Crippen molar-refractivity contribution in [3.8, 4) is 0 Å². The highest BCUT2D eigenvalue weighted by Gasteiger charge is 2.15. The van der Waals surface area contributed by atoms with Gasteiger partial charge >= 0.3 is 0 Å². The molecule has 0 unspecified atom stereocenters. The van der Waals surface area contributed by atoms with Crippen molar-refractivity contribution in [3.05, 3.63) is 29.8 Å². The van der Waals surface area contributed by atoms with Crippen LogP contribution >= 0.6 is 12.4 Å². The molecule has 8 heteroatoms. The molecular weight excluding hydrogens is 326 g/mol. The first-order valence-electron chi connectivity index (χ1n) is 6.98. The quantitative estimate of drug-likeness (QED) is 0.614. The summed E-state index contributed by atoms with van der Waals surface area (Å²) >= 11 is 0. The van der Waals surface area contributed by atoms with Gasteiger partial charge in [0, 0.05) is 24.7 Å². The highest BCUT2D eigenvalue weighted by molar-refractivity contribution is 7.89. The number of halogens is 1. The average Bonchev–Trinajstić information content (AvgIpc) is 2.42. The Kier molecular flexibility index (Phi) is 9.27. The van der Waals surface area contributed by atoms with E-state index in [1.165, 1.54) is 24.3 Å². The fourth-order valence-corrected chi connectivity index (χ4v) is 2.96. The minimum absolute atomic E-state index is 0. The molecule has 0 aliphatic carbocycles. The molecule has 6 nitrogen and oxygen atoms in total. The lowest BCUT2D eigenvalue weighted by atomic mass is 10.2. The molecule has 22 heavy (non-hydrogen) atoms. The summed E-state index contributed by atoms with van der Waals surface area (Å²) in [5.74, 6) is -0.214. The smallest absolute Gasteiger partial charge is 0.251 e. The molecule has 0 bridgehead atoms. The van der Waals surface area contributed by atoms with Crippen LogP contribution in [0.2, 0.25) is 0 Å². The molecule has 126 valence electrons. The van der Waals surface area contributed by atoms with Gasteiger partial charge in [-0.3, -0.25) is 4.79 Å². The molecule has 0 heterocycles. The molecule has 0 saturated carbocycles. The van der Waals surface area contributed by atoms with E-state index in [4.69, 9.17) is 0 Å². The number of likely N-dealkylation sites (N-methyl/N-ethyl adjacent to an activating group) is 1. The number of amides is 1. The lowest BCUT2D eigenvalue weighted by molar-refractivity contribution is 0.0954. The highest BCUT2D eigenvalue weighted by Crippen LogP contribution is 2.11. The van der Waals surface area contributed by atoms with Crippen LogP contribution in [0.15, 0.2) is 29.2 Å². The topological polar surface area (TPSA) is 87.3 Å². The maximum absolute atomic E-state index is 11.9. The molecule has 1 rings (SSSR count). The van der Waals surface area contributed by atoms with Crippen molar-refractivity contribution in [2.75, 3.05) is 19.6 Å². The first-order valence-corrected chi connectivity index (χ1v) is 8.46. The van der Waals surface area contributed by atoms with Gasteiger partial charge in [-0.1, -0.05) is 6.92 Å². The first kappa shape index (κ1) is 20.9. The van der Waals surface area contributed by atoms with Crippen LogP contribution in [0.3, 0.4) is 0 Å². The van der Waals surface area contributed by atoms with E-state index in [0.29, 0.717) is 18.7 Å². The minimum Gasteiger partial charge on any atom is -0.351 e. The van der Waals surface area contributed by atoms with Gasteiger partial charge in [0.1, 0.15) is 0 Å². The van der Waals surface area contributed by atoms with Crippen LogP contribution in [0.5, 0.6) is 0 Å². The van der Waals surface area contributed by atoms with E-state index < -0.39 is 10.0 Å². The van der Waals surface area contributed by atoms with Gasteiger partial charge in [0.2, 0.25) is 10.0 Å². The molecule has 0 aromatic heterocycles. The number of rotatable bonds is 8. The van der Waals surface area contributed by atoms with Crippen LogP contribution in [0.1, 0.15) is 31.1 Å². The van der Waals surface area contributed by atoms with Crippen molar-refractivity contribution in [3.63, 3.8) is 0 Å². The number of hydrogen-bond donors (Lipinski definition) is 3. The summed E-state index contributed by atoms with van der Waals surface area (Å²) in [5.41, 5.74) is 0.440. The molecule has 1 amide bonds. The number of carbonyl (C=O) groups excluding carboxylic acids is 1. The predicted octanol–water partition coefficient (Wildman–Crippen LogP) is 1.13. The number of sulfonamides is 1. The highest BCUT2D eigenvalue weighted by atomic mass is 35.5. The molecular formula is C14H24ClN3O3S. The van der Waals surface area contributed by atoms with Crippen molar-refractivity contribution < 1.29 is 13.2 Å². The van der Waals surface area contributed by atoms with Crippen molar-refractivity contribution in [1.82, 2.24) is 15.4 Å². The van der Waals surface area contributed by atoms with E-state index in [-0.39, 0.29) is 29.3 Å². The van der Waals surface area contributed by atoms with Crippen LogP contribution in [0.25, 0.3) is 0 Å². The number of carbonyl (C=O) groups is 1. The first-order chi connectivity index (χ1) is 9.86. The number of hydrogen-bond acceptors (Lipinski definition) is 4. The SMILES string of the molecule is CCNCCNC(=O)c1ccc(S(=O)(=O)NC(C)C)cc1.Cl. The molecule has 0 fully saturated rings. The minimum atomic E-state index is -3.52.